The third-order valence-electron chi connectivity index (χ3n) is 5.51. The van der Waals surface area contributed by atoms with Crippen molar-refractivity contribution >= 4 is 34.3 Å². The molecule has 2 fully saturated rings. The van der Waals surface area contributed by atoms with E-state index in [0.717, 1.165) is 38.3 Å². The molecule has 0 bridgehead atoms. The molecule has 0 unspecified atom stereocenters. The minimum Gasteiger partial charge on any atom is -0.369 e. The van der Waals surface area contributed by atoms with Crippen LogP contribution in [0.3, 0.4) is 0 Å². The maximum absolute atomic E-state index is 12.7. The summed E-state index contributed by atoms with van der Waals surface area (Å²) in [6.07, 6.45) is 5.20. The molecular formula is C18H18ClF2N7. The molecule has 5 rings (SSSR count). The van der Waals surface area contributed by atoms with E-state index in [1.165, 1.54) is 10.9 Å². The largest absolute Gasteiger partial charge is 0.369 e. The third kappa shape index (κ3) is 3.03. The Bertz CT molecular complexity index is 1020. The van der Waals surface area contributed by atoms with E-state index in [9.17, 15) is 8.78 Å². The lowest BCUT2D eigenvalue weighted by Crippen LogP contribution is -2.57. The van der Waals surface area contributed by atoms with Gasteiger partial charge in [-0.25, -0.2) is 23.4 Å². The van der Waals surface area contributed by atoms with Crippen LogP contribution in [0.2, 0.25) is 5.02 Å². The fourth-order valence-corrected chi connectivity index (χ4v) is 4.33. The molecule has 28 heavy (non-hydrogen) atoms. The van der Waals surface area contributed by atoms with Gasteiger partial charge in [-0.3, -0.25) is 4.98 Å². The first-order chi connectivity index (χ1) is 13.5. The highest BCUT2D eigenvalue weighted by Crippen LogP contribution is 2.43. The molecule has 7 nitrogen and oxygen atoms in total. The number of aromatic nitrogens is 5. The SMILES string of the molecule is FC(F)Cn1ncc2ncc(N3CCC4(CN(c5cncc(Cl)c5)C4)C3)nc21. The number of anilines is 2. The van der Waals surface area contributed by atoms with Crippen LogP contribution in [0, 0.1) is 5.41 Å². The predicted octanol–water partition coefficient (Wildman–Crippen LogP) is 2.86. The van der Waals surface area contributed by atoms with Crippen molar-refractivity contribution in [2.45, 2.75) is 19.4 Å². The van der Waals surface area contributed by atoms with Crippen molar-refractivity contribution in [1.29, 1.82) is 0 Å². The fraction of sp³-hybridized carbons (Fsp3) is 0.444. The topological polar surface area (TPSA) is 63.0 Å². The Kier molecular flexibility index (Phi) is 4.08. The van der Waals surface area contributed by atoms with Gasteiger partial charge in [-0.1, -0.05) is 11.6 Å². The van der Waals surface area contributed by atoms with Crippen LogP contribution in [-0.2, 0) is 6.54 Å². The first-order valence-electron chi connectivity index (χ1n) is 9.09. The second-order valence-electron chi connectivity index (χ2n) is 7.54. The zero-order chi connectivity index (χ0) is 19.3. The second kappa shape index (κ2) is 6.51. The van der Waals surface area contributed by atoms with Crippen LogP contribution in [-0.4, -0.2) is 57.3 Å². The monoisotopic (exact) mass is 405 g/mol. The Morgan fingerprint density at radius 1 is 1.11 bits per heavy atom. The Balaban J connectivity index is 1.31. The molecule has 0 saturated carbocycles. The quantitative estimate of drug-likeness (QED) is 0.665. The normalized spacial score (nSPS) is 18.4. The van der Waals surface area contributed by atoms with Crippen molar-refractivity contribution < 1.29 is 8.78 Å². The molecule has 0 aromatic carbocycles. The predicted molar refractivity (Wildman–Crippen MR) is 102 cm³/mol. The van der Waals surface area contributed by atoms with Gasteiger partial charge < -0.3 is 9.80 Å². The van der Waals surface area contributed by atoms with Crippen molar-refractivity contribution in [3.8, 4) is 0 Å². The van der Waals surface area contributed by atoms with E-state index in [1.807, 2.05) is 12.3 Å². The highest BCUT2D eigenvalue weighted by Gasteiger charge is 2.48. The Labute approximate surface area is 164 Å². The molecule has 0 radical (unpaired) electrons. The van der Waals surface area contributed by atoms with Crippen LogP contribution < -0.4 is 9.80 Å². The fourth-order valence-electron chi connectivity index (χ4n) is 4.16. The molecule has 2 saturated heterocycles. The average molecular weight is 406 g/mol. The summed E-state index contributed by atoms with van der Waals surface area (Å²) in [5, 5.41) is 4.61. The molecule has 0 amide bonds. The molecule has 1 spiro atoms. The van der Waals surface area contributed by atoms with Crippen LogP contribution in [0.25, 0.3) is 11.2 Å². The summed E-state index contributed by atoms with van der Waals surface area (Å²) >= 11 is 6.04. The number of hydrogen-bond acceptors (Lipinski definition) is 6. The smallest absolute Gasteiger partial charge is 0.258 e. The van der Waals surface area contributed by atoms with Gasteiger partial charge in [0.25, 0.3) is 6.43 Å². The molecule has 146 valence electrons. The van der Waals surface area contributed by atoms with Crippen molar-refractivity contribution in [3.05, 3.63) is 35.9 Å². The van der Waals surface area contributed by atoms with Gasteiger partial charge in [-0.05, 0) is 12.5 Å². The highest BCUT2D eigenvalue weighted by molar-refractivity contribution is 6.30. The van der Waals surface area contributed by atoms with E-state index < -0.39 is 13.0 Å². The van der Waals surface area contributed by atoms with E-state index in [0.29, 0.717) is 22.0 Å². The van der Waals surface area contributed by atoms with E-state index in [1.54, 1.807) is 12.4 Å². The summed E-state index contributed by atoms with van der Waals surface area (Å²) in [6, 6.07) is 1.93. The number of hydrogen-bond donors (Lipinski definition) is 0. The van der Waals surface area contributed by atoms with Crippen LogP contribution in [0.4, 0.5) is 20.3 Å². The maximum atomic E-state index is 12.7. The van der Waals surface area contributed by atoms with Crippen molar-refractivity contribution in [2.75, 3.05) is 36.0 Å². The molecule has 0 aliphatic carbocycles. The summed E-state index contributed by atoms with van der Waals surface area (Å²) in [5.74, 6) is 0.711. The van der Waals surface area contributed by atoms with Gasteiger partial charge >= 0.3 is 0 Å². The van der Waals surface area contributed by atoms with Crippen LogP contribution >= 0.6 is 11.6 Å². The Morgan fingerprint density at radius 2 is 1.93 bits per heavy atom. The molecule has 2 aliphatic heterocycles. The van der Waals surface area contributed by atoms with E-state index in [4.69, 9.17) is 11.6 Å². The number of halogens is 3. The minimum absolute atomic E-state index is 0.197. The van der Waals surface area contributed by atoms with Crippen molar-refractivity contribution in [1.82, 2.24) is 24.7 Å². The van der Waals surface area contributed by atoms with E-state index >= 15 is 0 Å². The average Bonchev–Trinajstić information content (AvgIpc) is 3.25. The lowest BCUT2D eigenvalue weighted by Gasteiger charge is -2.49. The molecule has 10 heteroatoms. The van der Waals surface area contributed by atoms with Crippen LogP contribution in [0.15, 0.2) is 30.9 Å². The van der Waals surface area contributed by atoms with Gasteiger partial charge in [0.05, 0.1) is 29.3 Å². The Morgan fingerprint density at radius 3 is 2.71 bits per heavy atom. The summed E-state index contributed by atoms with van der Waals surface area (Å²) in [5.41, 5.74) is 2.16. The molecule has 3 aromatic rings. The van der Waals surface area contributed by atoms with E-state index in [2.05, 4.69) is 29.9 Å². The molecular weight excluding hydrogens is 388 g/mol. The first-order valence-corrected chi connectivity index (χ1v) is 9.46. The maximum Gasteiger partial charge on any atom is 0.258 e. The number of pyridine rings is 1. The van der Waals surface area contributed by atoms with Gasteiger partial charge in [0.1, 0.15) is 17.9 Å². The zero-order valence-electron chi connectivity index (χ0n) is 15.0. The summed E-state index contributed by atoms with van der Waals surface area (Å²) in [7, 11) is 0. The molecule has 3 aromatic heterocycles. The van der Waals surface area contributed by atoms with Crippen molar-refractivity contribution in [2.24, 2.45) is 5.41 Å². The number of rotatable bonds is 4. The van der Waals surface area contributed by atoms with E-state index in [-0.39, 0.29) is 5.41 Å². The molecule has 2 aliphatic rings. The number of alkyl halides is 2. The lowest BCUT2D eigenvalue weighted by molar-refractivity contribution is 0.123. The summed E-state index contributed by atoms with van der Waals surface area (Å²) < 4.78 is 26.7. The van der Waals surface area contributed by atoms with Crippen LogP contribution in [0.5, 0.6) is 0 Å². The number of nitrogens with zero attached hydrogens (tertiary/aromatic N) is 7. The van der Waals surface area contributed by atoms with Gasteiger partial charge in [0.2, 0.25) is 0 Å². The van der Waals surface area contributed by atoms with Gasteiger partial charge in [-0.15, -0.1) is 0 Å². The highest BCUT2D eigenvalue weighted by atomic mass is 35.5. The number of fused-ring (bicyclic) bond motifs is 1. The van der Waals surface area contributed by atoms with Gasteiger partial charge in [-0.2, -0.15) is 5.10 Å². The summed E-state index contributed by atoms with van der Waals surface area (Å²) in [6.45, 7) is 3.12. The third-order valence-corrected chi connectivity index (χ3v) is 5.72. The van der Waals surface area contributed by atoms with Gasteiger partial charge in [0.15, 0.2) is 5.65 Å². The van der Waals surface area contributed by atoms with Crippen molar-refractivity contribution in [3.63, 3.8) is 0 Å². The first kappa shape index (κ1) is 17.5. The standard InChI is InChI=1S/C18H18ClF2N7/c19-12-3-13(5-22-4-12)27-10-18(11-27)1-2-26(9-18)16-7-23-14-6-24-28(8-15(20)21)17(14)25-16/h3-7,15H,1-2,8-11H2. The minimum atomic E-state index is -2.48. The molecule has 0 atom stereocenters. The molecule has 0 N–H and O–H groups in total. The summed E-state index contributed by atoms with van der Waals surface area (Å²) in [4.78, 5) is 17.5. The molecule has 5 heterocycles. The Hall–Kier alpha value is -2.55. The second-order valence-corrected chi connectivity index (χ2v) is 7.98. The lowest BCUT2D eigenvalue weighted by atomic mass is 9.79. The van der Waals surface area contributed by atoms with Gasteiger partial charge in [0, 0.05) is 37.8 Å². The van der Waals surface area contributed by atoms with Crippen LogP contribution in [0.1, 0.15) is 6.42 Å². The zero-order valence-corrected chi connectivity index (χ0v) is 15.7.